The fourth-order valence-corrected chi connectivity index (χ4v) is 5.00. The Hall–Kier alpha value is -2.53. The van der Waals surface area contributed by atoms with Crippen LogP contribution in [0.15, 0.2) is 34.9 Å². The number of halogens is 1. The van der Waals surface area contributed by atoms with E-state index in [2.05, 4.69) is 20.7 Å². The van der Waals surface area contributed by atoms with Crippen LogP contribution < -0.4 is 20.7 Å². The van der Waals surface area contributed by atoms with Crippen LogP contribution in [0.3, 0.4) is 0 Å². The second kappa shape index (κ2) is 9.52. The highest BCUT2D eigenvalue weighted by molar-refractivity contribution is 7.91. The minimum atomic E-state index is -4.29. The molecular weight excluding hydrogens is 431 g/mol. The first-order valence-corrected chi connectivity index (χ1v) is 11.3. The van der Waals surface area contributed by atoms with Gasteiger partial charge in [-0.2, -0.15) is 0 Å². The van der Waals surface area contributed by atoms with Gasteiger partial charge in [0.25, 0.3) is 10.0 Å². The van der Waals surface area contributed by atoms with E-state index in [1.165, 1.54) is 6.07 Å². The number of hydrogen-bond donors (Lipinski definition) is 4. The number of thiocarbonyl (C=S) groups is 1. The first-order chi connectivity index (χ1) is 14.1. The molecule has 1 aromatic carbocycles. The molecule has 11 heteroatoms. The molecule has 2 atom stereocenters. The summed E-state index contributed by atoms with van der Waals surface area (Å²) in [5.74, 6) is -1.16. The molecule has 164 valence electrons. The predicted molar refractivity (Wildman–Crippen MR) is 114 cm³/mol. The number of nitrogens with one attached hydrogen (secondary N) is 4. The van der Waals surface area contributed by atoms with Crippen molar-refractivity contribution in [2.45, 2.75) is 44.6 Å². The van der Waals surface area contributed by atoms with Gasteiger partial charge in [0, 0.05) is 12.7 Å². The smallest absolute Gasteiger partial charge is 0.266 e. The van der Waals surface area contributed by atoms with Crippen molar-refractivity contribution in [1.82, 2.24) is 20.7 Å². The summed E-state index contributed by atoms with van der Waals surface area (Å²) in [7, 11) is -4.29. The van der Waals surface area contributed by atoms with Crippen molar-refractivity contribution in [3.63, 3.8) is 0 Å². The fraction of sp³-hybridized carbons (Fsp3) is 0.421. The van der Waals surface area contributed by atoms with Crippen molar-refractivity contribution >= 4 is 39.7 Å². The average molecular weight is 457 g/mol. The molecule has 1 heterocycles. The van der Waals surface area contributed by atoms with E-state index in [0.717, 1.165) is 17.7 Å². The van der Waals surface area contributed by atoms with Crippen LogP contribution in [0.2, 0.25) is 0 Å². The average Bonchev–Trinajstić information content (AvgIpc) is 2.96. The summed E-state index contributed by atoms with van der Waals surface area (Å²) >= 11 is 4.89. The third-order valence-electron chi connectivity index (χ3n) is 5.25. The van der Waals surface area contributed by atoms with Crippen LogP contribution in [0.4, 0.5) is 4.39 Å². The Balaban J connectivity index is 2.44. The number of rotatable bonds is 9. The molecule has 0 aliphatic carbocycles. The van der Waals surface area contributed by atoms with E-state index in [-0.39, 0.29) is 17.4 Å². The number of carbonyl (C=O) groups excluding carboxylic acids is 2. The topological polar surface area (TPSA) is 116 Å². The Bertz CT molecular complexity index is 981. The predicted octanol–water partition coefficient (Wildman–Crippen LogP) is 1.61. The molecule has 4 N–H and O–H groups in total. The Morgan fingerprint density at radius 1 is 1.37 bits per heavy atom. The molecule has 1 aliphatic heterocycles. The molecule has 0 saturated heterocycles. The van der Waals surface area contributed by atoms with Crippen molar-refractivity contribution in [2.24, 2.45) is 5.41 Å². The minimum absolute atomic E-state index is 0.154. The van der Waals surface area contributed by atoms with Gasteiger partial charge >= 0.3 is 0 Å². The largest absolute Gasteiger partial charge is 0.362 e. The van der Waals surface area contributed by atoms with Gasteiger partial charge in [0.2, 0.25) is 12.3 Å². The number of carbonyl (C=O) groups is 2. The van der Waals surface area contributed by atoms with Gasteiger partial charge in [-0.15, -0.1) is 0 Å². The van der Waals surface area contributed by atoms with Crippen molar-refractivity contribution in [2.75, 3.05) is 6.54 Å². The maximum absolute atomic E-state index is 14.4. The summed E-state index contributed by atoms with van der Waals surface area (Å²) < 4.78 is 41.7. The maximum atomic E-state index is 14.4. The summed E-state index contributed by atoms with van der Waals surface area (Å²) in [5, 5.41) is 7.78. The number of hydrogen-bond acceptors (Lipinski definition) is 5. The highest BCUT2D eigenvalue weighted by atomic mass is 32.2. The Labute approximate surface area is 180 Å². The van der Waals surface area contributed by atoms with E-state index >= 15 is 0 Å². The molecular formula is C19H25FN4O4S2. The van der Waals surface area contributed by atoms with Crippen LogP contribution in [0.5, 0.6) is 0 Å². The number of amides is 2. The van der Waals surface area contributed by atoms with Crippen LogP contribution in [0.25, 0.3) is 0 Å². The third-order valence-corrected chi connectivity index (χ3v) is 6.99. The molecule has 8 nitrogen and oxygen atoms in total. The highest BCUT2D eigenvalue weighted by Crippen LogP contribution is 2.42. The van der Waals surface area contributed by atoms with Crippen molar-refractivity contribution < 1.29 is 22.4 Å². The van der Waals surface area contributed by atoms with E-state index in [9.17, 15) is 22.4 Å². The van der Waals surface area contributed by atoms with Gasteiger partial charge in [-0.05, 0) is 62.2 Å². The van der Waals surface area contributed by atoms with Crippen molar-refractivity contribution in [3.05, 3.63) is 41.4 Å². The third kappa shape index (κ3) is 4.78. The molecule has 0 spiro atoms. The van der Waals surface area contributed by atoms with Crippen molar-refractivity contribution in [1.29, 1.82) is 0 Å². The van der Waals surface area contributed by atoms with E-state index in [1.807, 2.05) is 13.8 Å². The number of benzene rings is 1. The van der Waals surface area contributed by atoms with E-state index in [1.54, 1.807) is 13.1 Å². The Morgan fingerprint density at radius 2 is 2.07 bits per heavy atom. The Morgan fingerprint density at radius 3 is 2.60 bits per heavy atom. The van der Waals surface area contributed by atoms with Gasteiger partial charge in [-0.25, -0.2) is 12.8 Å². The van der Waals surface area contributed by atoms with Crippen LogP contribution in [0, 0.1) is 11.2 Å². The molecule has 0 bridgehead atoms. The van der Waals surface area contributed by atoms with Gasteiger partial charge < -0.3 is 16.0 Å². The molecule has 1 aromatic rings. The SMILES string of the molecule is CCNC(=S)NS(=O)(=O)c1cc(C(CC2(CC)C(=O)NC=C2C)NC=O)ccc1F. The molecule has 1 aliphatic rings. The molecule has 0 fully saturated rings. The lowest BCUT2D eigenvalue weighted by atomic mass is 9.73. The summed E-state index contributed by atoms with van der Waals surface area (Å²) in [4.78, 5) is 23.1. The molecule has 0 saturated carbocycles. The van der Waals surface area contributed by atoms with Crippen LogP contribution >= 0.6 is 12.2 Å². The van der Waals surface area contributed by atoms with E-state index < -0.39 is 32.2 Å². The molecule has 2 amide bonds. The summed E-state index contributed by atoms with van der Waals surface area (Å²) in [6.45, 7) is 5.79. The van der Waals surface area contributed by atoms with Crippen LogP contribution in [0.1, 0.15) is 45.2 Å². The quantitative estimate of drug-likeness (QED) is 0.331. The first-order valence-electron chi connectivity index (χ1n) is 9.39. The summed E-state index contributed by atoms with van der Waals surface area (Å²) in [6.07, 6.45) is 2.75. The zero-order valence-electron chi connectivity index (χ0n) is 16.9. The molecule has 2 unspecified atom stereocenters. The second-order valence-corrected chi connectivity index (χ2v) is 8.99. The number of sulfonamides is 1. The Kier molecular flexibility index (Phi) is 7.54. The second-order valence-electron chi connectivity index (χ2n) is 6.93. The summed E-state index contributed by atoms with van der Waals surface area (Å²) in [5.41, 5.74) is 0.290. The molecule has 0 aromatic heterocycles. The standard InChI is InChI=1S/C19H25FN4O4S2/c1-4-19(12(3)10-22-17(19)26)9-15(23-11-25)13-6-7-14(20)16(8-13)30(27,28)24-18(29)21-5-2/h6-8,10-11,15H,4-5,9H2,1-3H3,(H,22,26)(H,23,25)(H2,21,24,29). The van der Waals surface area contributed by atoms with E-state index in [4.69, 9.17) is 12.2 Å². The molecule has 0 radical (unpaired) electrons. The highest BCUT2D eigenvalue weighted by Gasteiger charge is 2.43. The zero-order chi connectivity index (χ0) is 22.5. The van der Waals surface area contributed by atoms with Gasteiger partial charge in [0.1, 0.15) is 10.7 Å². The first kappa shape index (κ1) is 23.7. The van der Waals surface area contributed by atoms with Gasteiger partial charge in [0.15, 0.2) is 5.11 Å². The van der Waals surface area contributed by atoms with Crippen LogP contribution in [-0.2, 0) is 19.6 Å². The molecule has 30 heavy (non-hydrogen) atoms. The van der Waals surface area contributed by atoms with Gasteiger partial charge in [-0.3, -0.25) is 14.3 Å². The lowest BCUT2D eigenvalue weighted by Gasteiger charge is -2.31. The monoisotopic (exact) mass is 456 g/mol. The normalized spacial score (nSPS) is 19.5. The van der Waals surface area contributed by atoms with Crippen molar-refractivity contribution in [3.8, 4) is 0 Å². The fourth-order valence-electron chi connectivity index (χ4n) is 3.49. The van der Waals surface area contributed by atoms with Crippen LogP contribution in [-0.4, -0.2) is 32.4 Å². The van der Waals surface area contributed by atoms with Gasteiger partial charge in [0.05, 0.1) is 11.5 Å². The lowest BCUT2D eigenvalue weighted by Crippen LogP contribution is -2.39. The minimum Gasteiger partial charge on any atom is -0.362 e. The van der Waals surface area contributed by atoms with E-state index in [0.29, 0.717) is 24.9 Å². The summed E-state index contributed by atoms with van der Waals surface area (Å²) in [6, 6.07) is 2.82. The zero-order valence-corrected chi connectivity index (χ0v) is 18.5. The lowest BCUT2D eigenvalue weighted by molar-refractivity contribution is -0.128. The van der Waals surface area contributed by atoms with Gasteiger partial charge in [-0.1, -0.05) is 13.0 Å². The molecule has 2 rings (SSSR count). The maximum Gasteiger partial charge on any atom is 0.266 e.